The van der Waals surface area contributed by atoms with Crippen LogP contribution in [-0.2, 0) is 0 Å². The predicted molar refractivity (Wildman–Crippen MR) is 67.2 cm³/mol. The van der Waals surface area contributed by atoms with Gasteiger partial charge in [0, 0.05) is 19.3 Å². The molecule has 1 aromatic carbocycles. The monoisotopic (exact) mass is 273 g/mol. The highest BCUT2D eigenvalue weighted by Gasteiger charge is 2.28. The zero-order valence-electron chi connectivity index (χ0n) is 8.93. The Morgan fingerprint density at radius 2 is 2.12 bits per heavy atom. The highest BCUT2D eigenvalue weighted by atomic mass is 35.5. The Balaban J connectivity index is 2.52. The maximum Gasteiger partial charge on any atom is 0.294 e. The molecule has 0 amide bonds. The van der Waals surface area contributed by atoms with E-state index in [1.54, 1.807) is 23.2 Å². The molecule has 0 saturated carbocycles. The van der Waals surface area contributed by atoms with Gasteiger partial charge in [0.15, 0.2) is 0 Å². The van der Waals surface area contributed by atoms with E-state index in [4.69, 9.17) is 23.2 Å². The van der Waals surface area contributed by atoms with Gasteiger partial charge in [0.2, 0.25) is 0 Å². The highest BCUT2D eigenvalue weighted by molar-refractivity contribution is 6.35. The van der Waals surface area contributed by atoms with Crippen LogP contribution in [0.4, 0.5) is 11.4 Å². The standard InChI is InChI=1S/C10H9Cl2N3O2/c1-13-5-9(12)14(6-13)10-7(11)3-2-4-8(10)15(16)17/h2-5H,6H2,1H3. The lowest BCUT2D eigenvalue weighted by Crippen LogP contribution is -2.24. The number of nitro benzene ring substituents is 1. The molecule has 17 heavy (non-hydrogen) atoms. The van der Waals surface area contributed by atoms with Crippen LogP contribution >= 0.6 is 23.2 Å². The van der Waals surface area contributed by atoms with Crippen LogP contribution in [0.1, 0.15) is 0 Å². The van der Waals surface area contributed by atoms with E-state index in [0.717, 1.165) is 0 Å². The van der Waals surface area contributed by atoms with Gasteiger partial charge in [-0.25, -0.2) is 0 Å². The molecule has 1 aromatic rings. The normalized spacial score (nSPS) is 15.1. The Hall–Kier alpha value is -1.46. The Bertz CT molecular complexity index is 504. The molecular weight excluding hydrogens is 265 g/mol. The smallest absolute Gasteiger partial charge is 0.294 e. The molecule has 5 nitrogen and oxygen atoms in total. The van der Waals surface area contributed by atoms with Crippen molar-refractivity contribution in [2.75, 3.05) is 18.6 Å². The van der Waals surface area contributed by atoms with Gasteiger partial charge >= 0.3 is 0 Å². The SMILES string of the molecule is CN1C=C(Cl)N(c2c(Cl)cccc2[N+](=O)[O-])C1. The van der Waals surface area contributed by atoms with Gasteiger partial charge in [-0.1, -0.05) is 29.3 Å². The van der Waals surface area contributed by atoms with Crippen molar-refractivity contribution in [3.63, 3.8) is 0 Å². The van der Waals surface area contributed by atoms with Crippen LogP contribution in [0.2, 0.25) is 5.02 Å². The molecule has 1 heterocycles. The number of hydrogen-bond donors (Lipinski definition) is 0. The maximum atomic E-state index is 11.0. The summed E-state index contributed by atoms with van der Waals surface area (Å²) < 4.78 is 0. The maximum absolute atomic E-state index is 11.0. The third-order valence-electron chi connectivity index (χ3n) is 2.38. The lowest BCUT2D eigenvalue weighted by Gasteiger charge is -2.20. The van der Waals surface area contributed by atoms with Crippen molar-refractivity contribution in [2.45, 2.75) is 0 Å². The molecule has 0 unspecified atom stereocenters. The molecule has 0 aromatic heterocycles. The van der Waals surface area contributed by atoms with Crippen molar-refractivity contribution < 1.29 is 4.92 Å². The Morgan fingerprint density at radius 1 is 1.41 bits per heavy atom. The van der Waals surface area contributed by atoms with E-state index in [0.29, 0.717) is 22.5 Å². The summed E-state index contributed by atoms with van der Waals surface area (Å²) in [5, 5.41) is 11.7. The molecule has 0 saturated heterocycles. The van der Waals surface area contributed by atoms with E-state index in [9.17, 15) is 10.1 Å². The lowest BCUT2D eigenvalue weighted by molar-refractivity contribution is -0.384. The van der Waals surface area contributed by atoms with Gasteiger partial charge in [-0.15, -0.1) is 0 Å². The Labute approximate surface area is 108 Å². The summed E-state index contributed by atoms with van der Waals surface area (Å²) in [6.45, 7) is 0.434. The summed E-state index contributed by atoms with van der Waals surface area (Å²) in [7, 11) is 1.82. The number of rotatable bonds is 2. The van der Waals surface area contributed by atoms with Gasteiger partial charge in [-0.3, -0.25) is 10.1 Å². The highest BCUT2D eigenvalue weighted by Crippen LogP contribution is 2.39. The lowest BCUT2D eigenvalue weighted by atomic mass is 10.2. The number of para-hydroxylation sites is 1. The van der Waals surface area contributed by atoms with Crippen molar-refractivity contribution in [1.29, 1.82) is 0 Å². The fourth-order valence-electron chi connectivity index (χ4n) is 1.68. The van der Waals surface area contributed by atoms with Crippen molar-refractivity contribution in [3.05, 3.63) is 44.7 Å². The van der Waals surface area contributed by atoms with E-state index >= 15 is 0 Å². The first kappa shape index (κ1) is 12.0. The molecular formula is C10H9Cl2N3O2. The molecule has 0 bridgehead atoms. The number of nitrogens with zero attached hydrogens (tertiary/aromatic N) is 3. The van der Waals surface area contributed by atoms with Crippen molar-refractivity contribution in [3.8, 4) is 0 Å². The molecule has 0 aliphatic carbocycles. The zero-order chi connectivity index (χ0) is 12.6. The molecule has 0 atom stereocenters. The van der Waals surface area contributed by atoms with Gasteiger partial charge in [-0.2, -0.15) is 0 Å². The predicted octanol–water partition coefficient (Wildman–Crippen LogP) is 3.00. The molecule has 2 rings (SSSR count). The van der Waals surface area contributed by atoms with Gasteiger partial charge < -0.3 is 9.80 Å². The van der Waals surface area contributed by atoms with Crippen LogP contribution in [0.15, 0.2) is 29.6 Å². The zero-order valence-corrected chi connectivity index (χ0v) is 10.4. The van der Waals surface area contributed by atoms with Crippen LogP contribution < -0.4 is 4.90 Å². The first-order valence-corrected chi connectivity index (χ1v) is 5.54. The summed E-state index contributed by atoms with van der Waals surface area (Å²) in [5.74, 6) is 0. The molecule has 0 spiro atoms. The molecule has 0 fully saturated rings. The fourth-order valence-corrected chi connectivity index (χ4v) is 2.26. The second-order valence-electron chi connectivity index (χ2n) is 3.64. The summed E-state index contributed by atoms with van der Waals surface area (Å²) in [4.78, 5) is 13.9. The topological polar surface area (TPSA) is 49.6 Å². The number of anilines is 1. The summed E-state index contributed by atoms with van der Waals surface area (Å²) in [6, 6.07) is 4.55. The van der Waals surface area contributed by atoms with Crippen molar-refractivity contribution in [2.24, 2.45) is 0 Å². The summed E-state index contributed by atoms with van der Waals surface area (Å²) in [5.41, 5.74) is 0.268. The Kier molecular flexibility index (Phi) is 3.13. The third kappa shape index (κ3) is 2.16. The van der Waals surface area contributed by atoms with Crippen LogP contribution in [0.25, 0.3) is 0 Å². The molecule has 7 heteroatoms. The van der Waals surface area contributed by atoms with E-state index < -0.39 is 4.92 Å². The average Bonchev–Trinajstić information content (AvgIpc) is 2.57. The minimum Gasteiger partial charge on any atom is -0.360 e. The van der Waals surface area contributed by atoms with Gasteiger partial charge in [-0.05, 0) is 6.07 Å². The van der Waals surface area contributed by atoms with E-state index in [1.807, 2.05) is 11.9 Å². The van der Waals surface area contributed by atoms with Crippen LogP contribution in [0.3, 0.4) is 0 Å². The number of nitro groups is 1. The average molecular weight is 274 g/mol. The fraction of sp³-hybridized carbons (Fsp3) is 0.200. The molecule has 1 aliphatic rings. The molecule has 0 N–H and O–H groups in total. The summed E-state index contributed by atoms with van der Waals surface area (Å²) >= 11 is 12.0. The van der Waals surface area contributed by atoms with E-state index in [2.05, 4.69) is 0 Å². The Morgan fingerprint density at radius 3 is 2.65 bits per heavy atom. The minimum atomic E-state index is -0.469. The number of benzene rings is 1. The number of halogens is 2. The van der Waals surface area contributed by atoms with Crippen LogP contribution in [0, 0.1) is 10.1 Å². The largest absolute Gasteiger partial charge is 0.360 e. The van der Waals surface area contributed by atoms with E-state index in [1.165, 1.54) is 6.07 Å². The van der Waals surface area contributed by atoms with Crippen molar-refractivity contribution in [1.82, 2.24) is 4.90 Å². The number of hydrogen-bond acceptors (Lipinski definition) is 4. The van der Waals surface area contributed by atoms with Gasteiger partial charge in [0.1, 0.15) is 10.8 Å². The molecule has 1 aliphatic heterocycles. The second kappa shape index (κ2) is 4.43. The molecule has 0 radical (unpaired) electrons. The molecule has 90 valence electrons. The first-order valence-electron chi connectivity index (χ1n) is 4.78. The minimum absolute atomic E-state index is 0.0562. The van der Waals surface area contributed by atoms with Crippen molar-refractivity contribution >= 4 is 34.6 Å². The second-order valence-corrected chi connectivity index (χ2v) is 4.44. The first-order chi connectivity index (χ1) is 8.00. The summed E-state index contributed by atoms with van der Waals surface area (Å²) in [6.07, 6.45) is 1.69. The van der Waals surface area contributed by atoms with Crippen LogP contribution in [0.5, 0.6) is 0 Å². The van der Waals surface area contributed by atoms with Gasteiger partial charge in [0.05, 0.1) is 16.6 Å². The quantitative estimate of drug-likeness (QED) is 0.472. The van der Waals surface area contributed by atoms with Gasteiger partial charge in [0.25, 0.3) is 5.69 Å². The van der Waals surface area contributed by atoms with E-state index in [-0.39, 0.29) is 5.69 Å². The third-order valence-corrected chi connectivity index (χ3v) is 2.99. The van der Waals surface area contributed by atoms with Crippen LogP contribution in [-0.4, -0.2) is 23.5 Å².